The molecular formula is C21H23N3O4S. The van der Waals surface area contributed by atoms with Gasteiger partial charge in [0.2, 0.25) is 11.8 Å². The van der Waals surface area contributed by atoms with Crippen LogP contribution in [0.3, 0.4) is 0 Å². The first kappa shape index (κ1) is 19.6. The lowest BCUT2D eigenvalue weighted by molar-refractivity contribution is -0.132. The number of hydrogen-bond acceptors (Lipinski definition) is 5. The second-order valence-corrected chi connectivity index (χ2v) is 8.64. The zero-order valence-electron chi connectivity index (χ0n) is 16.3. The third-order valence-electron chi connectivity index (χ3n) is 5.26. The molecular weight excluding hydrogens is 390 g/mol. The molecule has 0 saturated carbocycles. The molecule has 8 heteroatoms. The Labute approximate surface area is 173 Å². The number of hydrogen-bond donors (Lipinski definition) is 2. The molecule has 0 spiro atoms. The number of carbonyl (C=O) groups excluding carboxylic acids is 3. The standard InChI is InChI=1S/C21H23N3O4S/c1-12(2)17(19(26)22-10-13-6-5-9-28-13)23-18(25)16-11-29-21-15-8-4-3-7-14(15)20(27)24(16)21/h3-9,12,16-17,21H,10-11H2,1-2H3,(H,22,26)(H,23,25)/t16-,17-,21-/m0/s1. The van der Waals surface area contributed by atoms with Gasteiger partial charge in [0.15, 0.2) is 0 Å². The summed E-state index contributed by atoms with van der Waals surface area (Å²) < 4.78 is 5.23. The van der Waals surface area contributed by atoms with Crippen LogP contribution >= 0.6 is 11.8 Å². The SMILES string of the molecule is CC(C)[C@H](NC(=O)[C@@H]1CS[C@H]2c3ccccc3C(=O)N12)C(=O)NCc1ccco1. The average molecular weight is 413 g/mol. The van der Waals surface area contributed by atoms with Gasteiger partial charge in [-0.05, 0) is 29.7 Å². The molecule has 1 aromatic heterocycles. The lowest BCUT2D eigenvalue weighted by atomic mass is 10.0. The maximum atomic E-state index is 13.0. The normalized spacial score (nSPS) is 21.1. The van der Waals surface area contributed by atoms with Gasteiger partial charge < -0.3 is 20.0 Å². The Morgan fingerprint density at radius 3 is 2.76 bits per heavy atom. The number of amides is 3. The first-order chi connectivity index (χ1) is 14.0. The van der Waals surface area contributed by atoms with E-state index < -0.39 is 12.1 Å². The molecule has 3 atom stereocenters. The van der Waals surface area contributed by atoms with Gasteiger partial charge >= 0.3 is 0 Å². The van der Waals surface area contributed by atoms with Gasteiger partial charge in [0.05, 0.1) is 12.8 Å². The van der Waals surface area contributed by atoms with E-state index in [1.54, 1.807) is 41.1 Å². The highest BCUT2D eigenvalue weighted by atomic mass is 32.2. The highest BCUT2D eigenvalue weighted by Gasteiger charge is 2.48. The minimum atomic E-state index is -0.693. The van der Waals surface area contributed by atoms with Crippen LogP contribution in [0.25, 0.3) is 0 Å². The van der Waals surface area contributed by atoms with Crippen LogP contribution in [-0.2, 0) is 16.1 Å². The monoisotopic (exact) mass is 413 g/mol. The third kappa shape index (κ3) is 3.64. The van der Waals surface area contributed by atoms with Gasteiger partial charge in [-0.1, -0.05) is 32.0 Å². The van der Waals surface area contributed by atoms with Gasteiger partial charge in [-0.3, -0.25) is 14.4 Å². The van der Waals surface area contributed by atoms with Crippen molar-refractivity contribution in [3.8, 4) is 0 Å². The summed E-state index contributed by atoms with van der Waals surface area (Å²) in [5, 5.41) is 5.52. The summed E-state index contributed by atoms with van der Waals surface area (Å²) >= 11 is 1.58. The summed E-state index contributed by atoms with van der Waals surface area (Å²) in [4.78, 5) is 40.1. The second-order valence-electron chi connectivity index (χ2n) is 7.53. The molecule has 0 unspecified atom stereocenters. The molecule has 0 aliphatic carbocycles. The van der Waals surface area contributed by atoms with Crippen LogP contribution in [0.5, 0.6) is 0 Å². The molecule has 1 saturated heterocycles. The molecule has 3 amide bonds. The molecule has 2 aromatic rings. The molecule has 7 nitrogen and oxygen atoms in total. The molecule has 1 fully saturated rings. The van der Waals surface area contributed by atoms with Crippen LogP contribution in [0.15, 0.2) is 47.1 Å². The van der Waals surface area contributed by atoms with Crippen LogP contribution in [0.1, 0.15) is 40.9 Å². The van der Waals surface area contributed by atoms with E-state index in [1.807, 2.05) is 32.0 Å². The van der Waals surface area contributed by atoms with Crippen molar-refractivity contribution >= 4 is 29.5 Å². The van der Waals surface area contributed by atoms with Crippen molar-refractivity contribution in [3.63, 3.8) is 0 Å². The Morgan fingerprint density at radius 2 is 2.03 bits per heavy atom. The van der Waals surface area contributed by atoms with E-state index >= 15 is 0 Å². The summed E-state index contributed by atoms with van der Waals surface area (Å²) in [5.74, 6) is 0.347. The van der Waals surface area contributed by atoms with Gasteiger partial charge in [-0.25, -0.2) is 0 Å². The fourth-order valence-electron chi connectivity index (χ4n) is 3.72. The zero-order chi connectivity index (χ0) is 20.5. The predicted molar refractivity (Wildman–Crippen MR) is 109 cm³/mol. The van der Waals surface area contributed by atoms with Crippen LogP contribution < -0.4 is 10.6 Å². The second kappa shape index (κ2) is 7.94. The minimum absolute atomic E-state index is 0.105. The smallest absolute Gasteiger partial charge is 0.256 e. The topological polar surface area (TPSA) is 91.7 Å². The molecule has 3 heterocycles. The fraction of sp³-hybridized carbons (Fsp3) is 0.381. The maximum Gasteiger partial charge on any atom is 0.256 e. The lowest BCUT2D eigenvalue weighted by Gasteiger charge is -2.27. The van der Waals surface area contributed by atoms with E-state index in [4.69, 9.17) is 4.42 Å². The quantitative estimate of drug-likeness (QED) is 0.758. The Bertz CT molecular complexity index is 928. The number of fused-ring (bicyclic) bond motifs is 3. The van der Waals surface area contributed by atoms with Gasteiger partial charge in [-0.15, -0.1) is 11.8 Å². The van der Waals surface area contributed by atoms with E-state index in [0.29, 0.717) is 17.1 Å². The van der Waals surface area contributed by atoms with E-state index in [9.17, 15) is 14.4 Å². The van der Waals surface area contributed by atoms with Crippen LogP contribution in [0.4, 0.5) is 0 Å². The number of thioether (sulfide) groups is 1. The molecule has 0 bridgehead atoms. The van der Waals surface area contributed by atoms with Crippen LogP contribution in [-0.4, -0.2) is 40.5 Å². The number of rotatable bonds is 6. The highest BCUT2D eigenvalue weighted by molar-refractivity contribution is 7.99. The van der Waals surface area contributed by atoms with E-state index in [-0.39, 0.29) is 35.6 Å². The van der Waals surface area contributed by atoms with Gasteiger partial charge in [0.25, 0.3) is 5.91 Å². The van der Waals surface area contributed by atoms with Crippen molar-refractivity contribution in [2.75, 3.05) is 5.75 Å². The molecule has 2 aliphatic rings. The Kier molecular flexibility index (Phi) is 5.36. The Hall–Kier alpha value is -2.74. The van der Waals surface area contributed by atoms with Crippen molar-refractivity contribution < 1.29 is 18.8 Å². The van der Waals surface area contributed by atoms with E-state index in [2.05, 4.69) is 10.6 Å². The summed E-state index contributed by atoms with van der Waals surface area (Å²) in [5.41, 5.74) is 1.61. The first-order valence-corrected chi connectivity index (χ1v) is 10.7. The maximum absolute atomic E-state index is 13.0. The third-order valence-corrected chi connectivity index (χ3v) is 6.56. The van der Waals surface area contributed by atoms with Crippen molar-refractivity contribution in [2.24, 2.45) is 5.92 Å². The average Bonchev–Trinajstić information content (AvgIpc) is 3.43. The molecule has 152 valence electrons. The van der Waals surface area contributed by atoms with Gasteiger partial charge in [0, 0.05) is 11.3 Å². The predicted octanol–water partition coefficient (Wildman–Crippen LogP) is 2.31. The van der Waals surface area contributed by atoms with Gasteiger partial charge in [0.1, 0.15) is 23.2 Å². The van der Waals surface area contributed by atoms with Crippen LogP contribution in [0.2, 0.25) is 0 Å². The first-order valence-electron chi connectivity index (χ1n) is 9.61. The number of nitrogens with one attached hydrogen (secondary N) is 2. The molecule has 1 aromatic carbocycles. The summed E-state index contributed by atoms with van der Waals surface area (Å²) in [6.07, 6.45) is 1.54. The zero-order valence-corrected chi connectivity index (χ0v) is 17.1. The molecule has 4 rings (SSSR count). The van der Waals surface area contributed by atoms with Crippen molar-refractivity contribution in [2.45, 2.75) is 37.8 Å². The summed E-state index contributed by atoms with van der Waals surface area (Å²) in [7, 11) is 0. The number of carbonyl (C=O) groups is 3. The number of nitrogens with zero attached hydrogens (tertiary/aromatic N) is 1. The van der Waals surface area contributed by atoms with E-state index in [0.717, 1.165) is 5.56 Å². The summed E-state index contributed by atoms with van der Waals surface area (Å²) in [6, 6.07) is 9.71. The molecule has 29 heavy (non-hydrogen) atoms. The molecule has 2 aliphatic heterocycles. The number of benzene rings is 1. The molecule has 2 N–H and O–H groups in total. The number of furan rings is 1. The Balaban J connectivity index is 1.43. The highest BCUT2D eigenvalue weighted by Crippen LogP contribution is 2.48. The van der Waals surface area contributed by atoms with Gasteiger partial charge in [-0.2, -0.15) is 0 Å². The van der Waals surface area contributed by atoms with Crippen molar-refractivity contribution in [1.29, 1.82) is 0 Å². The summed E-state index contributed by atoms with van der Waals surface area (Å²) in [6.45, 7) is 4.01. The van der Waals surface area contributed by atoms with Crippen molar-refractivity contribution in [1.82, 2.24) is 15.5 Å². The van der Waals surface area contributed by atoms with E-state index in [1.165, 1.54) is 0 Å². The molecule has 0 radical (unpaired) electrons. The lowest BCUT2D eigenvalue weighted by Crippen LogP contribution is -2.55. The largest absolute Gasteiger partial charge is 0.467 e. The fourth-order valence-corrected chi connectivity index (χ4v) is 5.19. The van der Waals surface area contributed by atoms with Crippen LogP contribution in [0, 0.1) is 5.92 Å². The minimum Gasteiger partial charge on any atom is -0.467 e. The van der Waals surface area contributed by atoms with Crippen molar-refractivity contribution in [3.05, 3.63) is 59.5 Å². The Morgan fingerprint density at radius 1 is 1.24 bits per heavy atom.